The molecule has 1 heterocycles. The third kappa shape index (κ3) is 4.81. The molecule has 5 fully saturated rings. The number of rotatable bonds is 5. The summed E-state index contributed by atoms with van der Waals surface area (Å²) in [5.74, 6) is -0.705. The third-order valence-corrected chi connectivity index (χ3v) is 15.3. The summed E-state index contributed by atoms with van der Waals surface area (Å²) >= 11 is 0. The van der Waals surface area contributed by atoms with Gasteiger partial charge in [-0.1, -0.05) is 46.3 Å². The van der Waals surface area contributed by atoms with Gasteiger partial charge in [0.15, 0.2) is 0 Å². The molecule has 0 radical (unpaired) electrons. The van der Waals surface area contributed by atoms with Gasteiger partial charge in [-0.05, 0) is 97.2 Å². The van der Waals surface area contributed by atoms with E-state index < -0.39 is 84.9 Å². The van der Waals surface area contributed by atoms with Crippen molar-refractivity contribution < 1.29 is 55.1 Å². The quantitative estimate of drug-likeness (QED) is 0.156. The lowest BCUT2D eigenvalue weighted by Crippen LogP contribution is -2.69. The van der Waals surface area contributed by atoms with Crippen LogP contribution in [-0.2, 0) is 14.3 Å². The SMILES string of the molecule is CC1(C)CC[C@]2(C(=O)O[C@@H]3O[C@H](CO)[C@@H](O)[C@H](O)[C@H]3O)CC[C@]3(C)C(=CC[C@@H]4[C@@]5(C)C[C@@H](O)[C@H](O)C(CO)(CO)[C@@H]5CC[C@]43C)[C@@H]2C1. The van der Waals surface area contributed by atoms with Crippen LogP contribution in [0.15, 0.2) is 11.6 Å². The molecular weight excluding hydrogens is 608 g/mol. The van der Waals surface area contributed by atoms with E-state index in [1.807, 2.05) is 0 Å². The molecule has 6 aliphatic rings. The Labute approximate surface area is 278 Å². The second-order valence-electron chi connectivity index (χ2n) is 17.7. The van der Waals surface area contributed by atoms with Crippen molar-refractivity contribution in [1.82, 2.24) is 0 Å². The summed E-state index contributed by atoms with van der Waals surface area (Å²) in [6, 6.07) is 0. The van der Waals surface area contributed by atoms with E-state index in [0.717, 1.165) is 19.3 Å². The molecular formula is C36H58O11. The minimum Gasteiger partial charge on any atom is -0.432 e. The second kappa shape index (κ2) is 11.7. The van der Waals surface area contributed by atoms with Crippen molar-refractivity contribution in [3.8, 4) is 0 Å². The summed E-state index contributed by atoms with van der Waals surface area (Å²) in [4.78, 5) is 14.4. The van der Waals surface area contributed by atoms with E-state index in [4.69, 9.17) is 9.47 Å². The summed E-state index contributed by atoms with van der Waals surface area (Å²) in [5, 5.41) is 84.4. The average molecular weight is 667 g/mol. The van der Waals surface area contributed by atoms with E-state index in [9.17, 15) is 45.6 Å². The number of hydrogen-bond donors (Lipinski definition) is 8. The van der Waals surface area contributed by atoms with Crippen LogP contribution in [0.3, 0.4) is 0 Å². The first-order valence-corrected chi connectivity index (χ1v) is 17.7. The highest BCUT2D eigenvalue weighted by Gasteiger charge is 2.71. The van der Waals surface area contributed by atoms with Crippen LogP contribution in [0.25, 0.3) is 0 Å². The van der Waals surface area contributed by atoms with Gasteiger partial charge in [0.1, 0.15) is 24.4 Å². The van der Waals surface area contributed by atoms with Crippen LogP contribution in [0.2, 0.25) is 0 Å². The Bertz CT molecular complexity index is 1250. The summed E-state index contributed by atoms with van der Waals surface area (Å²) in [5.41, 5.74) is -1.84. The molecule has 4 saturated carbocycles. The van der Waals surface area contributed by atoms with E-state index in [2.05, 4.69) is 40.7 Å². The van der Waals surface area contributed by atoms with Crippen LogP contribution in [0.4, 0.5) is 0 Å². The zero-order chi connectivity index (χ0) is 34.5. The summed E-state index contributed by atoms with van der Waals surface area (Å²) in [7, 11) is 0. The molecule has 0 aromatic carbocycles. The molecule has 8 N–H and O–H groups in total. The lowest BCUT2D eigenvalue weighted by molar-refractivity contribution is -0.297. The molecule has 0 spiro atoms. The standard InChI is InChI=1S/C36H58O11/c1-31(2)10-12-35(30(45)47-29-27(43)26(42)25(41)22(16-37)46-29)13-11-33(4)19(20(35)14-31)6-7-23-32(3)15-21(40)28(44)36(17-38,18-39)24(32)8-9-34(23,33)5/h6,20-29,37-44H,7-18H2,1-5H3/t20-,21+,22+,23+,24+,25+,26-,27+,28-,29-,32+,33+,34+,35-/m0/s1. The predicted molar refractivity (Wildman–Crippen MR) is 169 cm³/mol. The Morgan fingerprint density at radius 3 is 2.15 bits per heavy atom. The molecule has 268 valence electrons. The fraction of sp³-hybridized carbons (Fsp3) is 0.917. The monoisotopic (exact) mass is 666 g/mol. The number of aliphatic hydroxyl groups excluding tert-OH is 8. The molecule has 0 aromatic rings. The molecule has 1 saturated heterocycles. The highest BCUT2D eigenvalue weighted by molar-refractivity contribution is 5.79. The maximum absolute atomic E-state index is 14.4. The van der Waals surface area contributed by atoms with Gasteiger partial charge in [0.05, 0.1) is 37.4 Å². The number of carbonyl (C=O) groups excluding carboxylic acids is 1. The number of ether oxygens (including phenoxy) is 2. The normalized spacial score (nSPS) is 51.8. The molecule has 0 unspecified atom stereocenters. The van der Waals surface area contributed by atoms with Gasteiger partial charge in [-0.15, -0.1) is 0 Å². The molecule has 6 rings (SSSR count). The van der Waals surface area contributed by atoms with Gasteiger partial charge >= 0.3 is 5.97 Å². The predicted octanol–water partition coefficient (Wildman–Crippen LogP) is 1.41. The highest BCUT2D eigenvalue weighted by Crippen LogP contribution is 2.76. The van der Waals surface area contributed by atoms with Gasteiger partial charge in [-0.2, -0.15) is 0 Å². The molecule has 11 nitrogen and oxygen atoms in total. The third-order valence-electron chi connectivity index (χ3n) is 15.3. The summed E-state index contributed by atoms with van der Waals surface area (Å²) in [6.07, 6.45) is -1.49. The van der Waals surface area contributed by atoms with Crippen molar-refractivity contribution in [2.24, 2.45) is 50.2 Å². The second-order valence-corrected chi connectivity index (χ2v) is 17.7. The van der Waals surface area contributed by atoms with E-state index in [1.165, 1.54) is 5.57 Å². The first-order chi connectivity index (χ1) is 21.9. The number of hydrogen-bond acceptors (Lipinski definition) is 11. The molecule has 0 bridgehead atoms. The fourth-order valence-electron chi connectivity index (χ4n) is 12.2. The van der Waals surface area contributed by atoms with Gasteiger partial charge in [0.25, 0.3) is 0 Å². The van der Waals surface area contributed by atoms with Crippen molar-refractivity contribution >= 4 is 5.97 Å². The van der Waals surface area contributed by atoms with Crippen LogP contribution < -0.4 is 0 Å². The first kappa shape index (κ1) is 35.7. The van der Waals surface area contributed by atoms with E-state index >= 15 is 0 Å². The molecule has 5 aliphatic carbocycles. The van der Waals surface area contributed by atoms with Gasteiger partial charge in [0.2, 0.25) is 6.29 Å². The lowest BCUT2D eigenvalue weighted by Gasteiger charge is -2.71. The van der Waals surface area contributed by atoms with Crippen LogP contribution in [0, 0.1) is 50.2 Å². The van der Waals surface area contributed by atoms with Gasteiger partial charge in [0, 0.05) is 5.41 Å². The maximum Gasteiger partial charge on any atom is 0.315 e. The zero-order valence-electron chi connectivity index (χ0n) is 28.6. The van der Waals surface area contributed by atoms with Crippen molar-refractivity contribution in [1.29, 1.82) is 0 Å². The van der Waals surface area contributed by atoms with Gasteiger partial charge in [-0.3, -0.25) is 4.79 Å². The lowest BCUT2D eigenvalue weighted by atomic mass is 9.33. The van der Waals surface area contributed by atoms with E-state index in [0.29, 0.717) is 38.5 Å². The van der Waals surface area contributed by atoms with Crippen LogP contribution >= 0.6 is 0 Å². The number of allylic oxidation sites excluding steroid dienone is 2. The van der Waals surface area contributed by atoms with Crippen LogP contribution in [-0.4, -0.2) is 110 Å². The highest BCUT2D eigenvalue weighted by atomic mass is 16.7. The molecule has 47 heavy (non-hydrogen) atoms. The number of carbonyl (C=O) groups is 1. The van der Waals surface area contributed by atoms with Crippen molar-refractivity contribution in [2.45, 2.75) is 135 Å². The summed E-state index contributed by atoms with van der Waals surface area (Å²) in [6.45, 7) is 9.87. The largest absolute Gasteiger partial charge is 0.432 e. The van der Waals surface area contributed by atoms with Crippen molar-refractivity contribution in [3.63, 3.8) is 0 Å². The molecule has 11 heteroatoms. The Morgan fingerprint density at radius 1 is 0.851 bits per heavy atom. The Hall–Kier alpha value is -1.15. The molecule has 0 amide bonds. The Balaban J connectivity index is 1.37. The first-order valence-electron chi connectivity index (χ1n) is 17.7. The van der Waals surface area contributed by atoms with Crippen molar-refractivity contribution in [3.05, 3.63) is 11.6 Å². The molecule has 14 atom stereocenters. The van der Waals surface area contributed by atoms with E-state index in [-0.39, 0.29) is 34.0 Å². The fourth-order valence-corrected chi connectivity index (χ4v) is 12.2. The minimum absolute atomic E-state index is 0.0382. The van der Waals surface area contributed by atoms with Crippen molar-refractivity contribution in [2.75, 3.05) is 19.8 Å². The van der Waals surface area contributed by atoms with Gasteiger partial charge < -0.3 is 50.3 Å². The number of esters is 1. The van der Waals surface area contributed by atoms with Gasteiger partial charge in [-0.25, -0.2) is 0 Å². The Kier molecular flexibility index (Phi) is 8.88. The minimum atomic E-state index is -1.67. The average Bonchev–Trinajstić information content (AvgIpc) is 3.02. The van der Waals surface area contributed by atoms with Crippen LogP contribution in [0.1, 0.15) is 92.4 Å². The number of fused-ring (bicyclic) bond motifs is 7. The summed E-state index contributed by atoms with van der Waals surface area (Å²) < 4.78 is 11.5. The maximum atomic E-state index is 14.4. The Morgan fingerprint density at radius 2 is 1.51 bits per heavy atom. The topological polar surface area (TPSA) is 197 Å². The smallest absolute Gasteiger partial charge is 0.315 e. The zero-order valence-corrected chi connectivity index (χ0v) is 28.6. The van der Waals surface area contributed by atoms with Crippen LogP contribution in [0.5, 0.6) is 0 Å². The molecule has 0 aromatic heterocycles. The number of aliphatic hydroxyl groups is 8. The van der Waals surface area contributed by atoms with E-state index in [1.54, 1.807) is 0 Å². The molecule has 1 aliphatic heterocycles.